The van der Waals surface area contributed by atoms with Crippen molar-refractivity contribution in [2.24, 2.45) is 11.8 Å². The van der Waals surface area contributed by atoms with Crippen molar-refractivity contribution in [1.29, 1.82) is 0 Å². The molecule has 1 aromatic carbocycles. The second-order valence-corrected chi connectivity index (χ2v) is 8.21. The smallest absolute Gasteiger partial charge is 0.292 e. The fraction of sp³-hybridized carbons (Fsp3) is 0.346. The number of aromatic nitrogens is 1. The third kappa shape index (κ3) is 5.36. The maximum absolute atomic E-state index is 12.7. The van der Waals surface area contributed by atoms with Crippen LogP contribution in [0.15, 0.2) is 77.3 Å². The van der Waals surface area contributed by atoms with Gasteiger partial charge in [-0.2, -0.15) is 4.73 Å². The van der Waals surface area contributed by atoms with Crippen molar-refractivity contribution in [2.45, 2.75) is 39.7 Å². The van der Waals surface area contributed by atoms with Crippen molar-refractivity contribution in [3.8, 4) is 16.9 Å². The molecule has 164 valence electrons. The molecule has 0 aliphatic carbocycles. The van der Waals surface area contributed by atoms with Crippen LogP contribution >= 0.6 is 0 Å². The van der Waals surface area contributed by atoms with Gasteiger partial charge in [0.1, 0.15) is 5.75 Å². The Kier molecular flexibility index (Phi) is 7.53. The summed E-state index contributed by atoms with van der Waals surface area (Å²) in [6.07, 6.45) is 12.8. The first kappa shape index (κ1) is 22.6. The van der Waals surface area contributed by atoms with Gasteiger partial charge in [-0.25, -0.2) is 0 Å². The average molecular weight is 422 g/mol. The maximum atomic E-state index is 12.7. The van der Waals surface area contributed by atoms with Gasteiger partial charge in [0.2, 0.25) is 0 Å². The molecule has 3 atom stereocenters. The lowest BCUT2D eigenvalue weighted by molar-refractivity contribution is 0.000711. The number of pyridine rings is 1. The summed E-state index contributed by atoms with van der Waals surface area (Å²) in [6.45, 7) is 6.70. The lowest BCUT2D eigenvalue weighted by atomic mass is 9.87. The van der Waals surface area contributed by atoms with E-state index in [1.165, 1.54) is 6.20 Å². The molecular formula is C26H31NO4. The van der Waals surface area contributed by atoms with Gasteiger partial charge in [0.05, 0.1) is 24.5 Å². The Labute approximate surface area is 183 Å². The molecule has 0 radical (unpaired) electrons. The van der Waals surface area contributed by atoms with E-state index in [2.05, 4.69) is 26.0 Å². The van der Waals surface area contributed by atoms with E-state index >= 15 is 0 Å². The van der Waals surface area contributed by atoms with Gasteiger partial charge in [-0.05, 0) is 29.4 Å². The van der Waals surface area contributed by atoms with Gasteiger partial charge in [-0.3, -0.25) is 4.79 Å². The van der Waals surface area contributed by atoms with E-state index in [0.29, 0.717) is 28.4 Å². The number of rotatable bonds is 6. The summed E-state index contributed by atoms with van der Waals surface area (Å²) in [5.41, 5.74) is 1.67. The Balaban J connectivity index is 1.81. The van der Waals surface area contributed by atoms with Gasteiger partial charge in [0.15, 0.2) is 0 Å². The second kappa shape index (κ2) is 10.3. The van der Waals surface area contributed by atoms with E-state index in [1.54, 1.807) is 0 Å². The molecular weight excluding hydrogens is 390 g/mol. The first-order chi connectivity index (χ1) is 14.9. The molecule has 31 heavy (non-hydrogen) atoms. The van der Waals surface area contributed by atoms with Gasteiger partial charge in [-0.1, -0.05) is 87.9 Å². The van der Waals surface area contributed by atoms with Crippen LogP contribution in [-0.2, 0) is 4.74 Å². The number of allylic oxidation sites excluding steroid dienone is 5. The Morgan fingerprint density at radius 1 is 1.23 bits per heavy atom. The van der Waals surface area contributed by atoms with Crippen LogP contribution in [0, 0.1) is 11.8 Å². The fourth-order valence-corrected chi connectivity index (χ4v) is 3.77. The topological polar surface area (TPSA) is 71.7 Å². The van der Waals surface area contributed by atoms with E-state index in [4.69, 9.17) is 4.74 Å². The summed E-state index contributed by atoms with van der Waals surface area (Å²) in [7, 11) is 0. The highest BCUT2D eigenvalue weighted by Crippen LogP contribution is 2.40. The van der Waals surface area contributed by atoms with E-state index in [-0.39, 0.29) is 17.2 Å². The molecule has 1 fully saturated rings. The minimum atomic E-state index is -0.656. The molecule has 2 N–H and O–H groups in total. The van der Waals surface area contributed by atoms with Crippen molar-refractivity contribution in [2.75, 3.05) is 6.61 Å². The molecule has 3 rings (SSSR count). The molecule has 1 aliphatic heterocycles. The van der Waals surface area contributed by atoms with Crippen molar-refractivity contribution in [1.82, 2.24) is 4.73 Å². The molecule has 0 unspecified atom stereocenters. The lowest BCUT2D eigenvalue weighted by Crippen LogP contribution is -2.31. The van der Waals surface area contributed by atoms with E-state index in [0.717, 1.165) is 18.4 Å². The molecule has 5 heteroatoms. The number of hydrogen-bond acceptors (Lipinski definition) is 4. The average Bonchev–Trinajstić information content (AvgIpc) is 2.77. The molecule has 0 bridgehead atoms. The van der Waals surface area contributed by atoms with Gasteiger partial charge >= 0.3 is 0 Å². The predicted molar refractivity (Wildman–Crippen MR) is 123 cm³/mol. The maximum Gasteiger partial charge on any atom is 0.292 e. The first-order valence-electron chi connectivity index (χ1n) is 10.8. The summed E-state index contributed by atoms with van der Waals surface area (Å²) in [5, 5.41) is 21.1. The molecule has 1 aliphatic rings. The summed E-state index contributed by atoms with van der Waals surface area (Å²) in [4.78, 5) is 12.7. The molecule has 5 nitrogen and oxygen atoms in total. The largest absolute Gasteiger partial charge is 0.507 e. The van der Waals surface area contributed by atoms with Gasteiger partial charge in [0, 0.05) is 5.56 Å². The van der Waals surface area contributed by atoms with Crippen LogP contribution in [0.3, 0.4) is 0 Å². The zero-order valence-electron chi connectivity index (χ0n) is 18.4. The number of nitrogens with zero attached hydrogens (tertiary/aromatic N) is 1. The van der Waals surface area contributed by atoms with Crippen LogP contribution in [-0.4, -0.2) is 21.7 Å². The minimum Gasteiger partial charge on any atom is -0.507 e. The first-order valence-corrected chi connectivity index (χ1v) is 10.8. The van der Waals surface area contributed by atoms with Crippen LogP contribution < -0.4 is 5.56 Å². The van der Waals surface area contributed by atoms with Crippen LogP contribution in [0.4, 0.5) is 0 Å². The van der Waals surface area contributed by atoms with Gasteiger partial charge in [-0.15, -0.1) is 0 Å². The minimum absolute atomic E-state index is 0.0336. The molecule has 2 heterocycles. The predicted octanol–water partition coefficient (Wildman–Crippen LogP) is 5.64. The molecule has 0 spiro atoms. The quantitative estimate of drug-likeness (QED) is 0.468. The zero-order chi connectivity index (χ0) is 22.4. The number of benzene rings is 1. The van der Waals surface area contributed by atoms with E-state index in [9.17, 15) is 15.1 Å². The number of aromatic hydroxyl groups is 1. The standard InChI is InChI=1S/C26H31NO4/c1-4-18(2)11-7-5-8-12-20-15-19(3)25(31-17-20)23-24(28)22(16-27(30)26(23)29)21-13-9-6-10-14-21/h5-14,16,18-19,25,28,30H,4,15,17H2,1-3H3/t18-,19-,25-/m1/s1. The zero-order valence-corrected chi connectivity index (χ0v) is 18.4. The summed E-state index contributed by atoms with van der Waals surface area (Å²) in [5.74, 6) is 0.389. The van der Waals surface area contributed by atoms with Crippen LogP contribution in [0.25, 0.3) is 11.1 Å². The normalized spacial score (nSPS) is 21.8. The molecule has 0 saturated carbocycles. The summed E-state index contributed by atoms with van der Waals surface area (Å²) in [6, 6.07) is 9.17. The number of hydrogen-bond donors (Lipinski definition) is 2. The summed E-state index contributed by atoms with van der Waals surface area (Å²) >= 11 is 0. The van der Waals surface area contributed by atoms with Crippen molar-refractivity contribution >= 4 is 0 Å². The summed E-state index contributed by atoms with van der Waals surface area (Å²) < 4.78 is 6.54. The van der Waals surface area contributed by atoms with Crippen LogP contribution in [0.2, 0.25) is 0 Å². The van der Waals surface area contributed by atoms with Crippen molar-refractivity contribution in [3.05, 3.63) is 88.4 Å². The van der Waals surface area contributed by atoms with Crippen molar-refractivity contribution < 1.29 is 15.1 Å². The van der Waals surface area contributed by atoms with E-state index in [1.807, 2.05) is 55.5 Å². The van der Waals surface area contributed by atoms with Gasteiger partial charge in [0.25, 0.3) is 5.56 Å². The lowest BCUT2D eigenvalue weighted by Gasteiger charge is -2.31. The highest BCUT2D eigenvalue weighted by molar-refractivity contribution is 5.70. The third-order valence-corrected chi connectivity index (χ3v) is 5.76. The van der Waals surface area contributed by atoms with Gasteiger partial charge < -0.3 is 15.1 Å². The monoisotopic (exact) mass is 421 g/mol. The molecule has 0 amide bonds. The Morgan fingerprint density at radius 2 is 1.97 bits per heavy atom. The molecule has 1 aromatic heterocycles. The highest BCUT2D eigenvalue weighted by Gasteiger charge is 2.32. The molecule has 2 aromatic rings. The SMILES string of the molecule is CC[C@@H](C)C=CC=CC=C1CO[C@@H](c2c(O)c(-c3ccccc3)cn(O)c2=O)[C@H](C)C1. The molecule has 1 saturated heterocycles. The fourth-order valence-electron chi connectivity index (χ4n) is 3.77. The van der Waals surface area contributed by atoms with Crippen LogP contribution in [0.1, 0.15) is 45.3 Å². The number of ether oxygens (including phenoxy) is 1. The Hall–Kier alpha value is -3.05. The Morgan fingerprint density at radius 3 is 2.65 bits per heavy atom. The van der Waals surface area contributed by atoms with E-state index < -0.39 is 11.7 Å². The van der Waals surface area contributed by atoms with Crippen LogP contribution in [0.5, 0.6) is 5.75 Å². The highest BCUT2D eigenvalue weighted by atomic mass is 16.5. The third-order valence-electron chi connectivity index (χ3n) is 5.76. The van der Waals surface area contributed by atoms with Crippen molar-refractivity contribution in [3.63, 3.8) is 0 Å². The second-order valence-electron chi connectivity index (χ2n) is 8.21. The Bertz CT molecular complexity index is 1030.